The summed E-state index contributed by atoms with van der Waals surface area (Å²) in [5, 5.41) is 11.6. The van der Waals surface area contributed by atoms with E-state index in [2.05, 4.69) is 6.58 Å². The summed E-state index contributed by atoms with van der Waals surface area (Å²) < 4.78 is 11.0. The predicted molar refractivity (Wildman–Crippen MR) is 92.9 cm³/mol. The molecular weight excluding hydrogens is 336 g/mol. The van der Waals surface area contributed by atoms with Crippen LogP contribution >= 0.6 is 0 Å². The zero-order valence-electron chi connectivity index (χ0n) is 15.7. The van der Waals surface area contributed by atoms with Crippen LogP contribution in [0.4, 0.5) is 0 Å². The molecule has 1 saturated heterocycles. The van der Waals surface area contributed by atoms with Crippen molar-refractivity contribution in [3.05, 3.63) is 12.2 Å². The van der Waals surface area contributed by atoms with Gasteiger partial charge in [0.15, 0.2) is 0 Å². The average molecular weight is 364 g/mol. The van der Waals surface area contributed by atoms with Gasteiger partial charge in [0.2, 0.25) is 0 Å². The van der Waals surface area contributed by atoms with Crippen LogP contribution in [0, 0.1) is 23.2 Å². The fraction of sp³-hybridized carbons (Fsp3) is 0.750. The Bertz CT molecular complexity index is 655. The van der Waals surface area contributed by atoms with Crippen molar-refractivity contribution in [1.29, 1.82) is 0 Å². The highest BCUT2D eigenvalue weighted by Crippen LogP contribution is 2.58. The van der Waals surface area contributed by atoms with Gasteiger partial charge >= 0.3 is 11.9 Å². The van der Waals surface area contributed by atoms with Crippen LogP contribution in [0.5, 0.6) is 0 Å². The third-order valence-corrected chi connectivity index (χ3v) is 7.03. The highest BCUT2D eigenvalue weighted by atomic mass is 16.6. The Hall–Kier alpha value is -1.69. The van der Waals surface area contributed by atoms with Crippen molar-refractivity contribution in [3.63, 3.8) is 0 Å². The summed E-state index contributed by atoms with van der Waals surface area (Å²) in [7, 11) is 0. The molecule has 6 nitrogen and oxygen atoms in total. The molecule has 0 aromatic carbocycles. The number of hydrogen-bond donors (Lipinski definition) is 1. The van der Waals surface area contributed by atoms with E-state index >= 15 is 0 Å². The number of aliphatic hydroxyl groups is 1. The van der Waals surface area contributed by atoms with Gasteiger partial charge in [-0.15, -0.1) is 0 Å². The van der Waals surface area contributed by atoms with Gasteiger partial charge in [-0.25, -0.2) is 4.79 Å². The molecule has 3 aliphatic rings. The number of ketones is 1. The minimum atomic E-state index is -1.36. The normalized spacial score (nSPS) is 40.5. The van der Waals surface area contributed by atoms with Crippen LogP contribution in [0.2, 0.25) is 0 Å². The molecule has 2 aliphatic carbocycles. The number of fused-ring (bicyclic) bond motifs is 3. The summed E-state index contributed by atoms with van der Waals surface area (Å²) in [5.74, 6) is -1.72. The first-order valence-electron chi connectivity index (χ1n) is 9.48. The molecule has 1 N–H and O–H groups in total. The third kappa shape index (κ3) is 2.53. The van der Waals surface area contributed by atoms with Gasteiger partial charge in [-0.2, -0.15) is 0 Å². The van der Waals surface area contributed by atoms with Crippen molar-refractivity contribution < 1.29 is 29.0 Å². The van der Waals surface area contributed by atoms with E-state index in [4.69, 9.17) is 9.47 Å². The lowest BCUT2D eigenvalue weighted by Crippen LogP contribution is -2.57. The number of esters is 2. The number of carbonyl (C=O) groups is 3. The van der Waals surface area contributed by atoms with Crippen LogP contribution in [0.25, 0.3) is 0 Å². The molecule has 0 aromatic rings. The highest BCUT2D eigenvalue weighted by Gasteiger charge is 2.69. The lowest BCUT2D eigenvalue weighted by atomic mass is 9.65. The SMILES string of the molecule is C=C1C(=O)O[C@@H]2[C@H]1CC[C@H](COC(=O)[C@H](C)CC)[C@]1(O)CCC(=O)[C@@]21C. The van der Waals surface area contributed by atoms with E-state index in [1.807, 2.05) is 6.92 Å². The zero-order valence-corrected chi connectivity index (χ0v) is 15.7. The van der Waals surface area contributed by atoms with Gasteiger partial charge in [0.1, 0.15) is 11.9 Å². The summed E-state index contributed by atoms with van der Waals surface area (Å²) in [6, 6.07) is 0. The molecule has 3 rings (SSSR count). The molecule has 1 aliphatic heterocycles. The molecule has 6 atom stereocenters. The first kappa shape index (κ1) is 19.1. The second kappa shape index (κ2) is 6.48. The molecule has 0 spiro atoms. The van der Waals surface area contributed by atoms with Crippen molar-refractivity contribution in [1.82, 2.24) is 0 Å². The Labute approximate surface area is 153 Å². The maximum absolute atomic E-state index is 12.8. The van der Waals surface area contributed by atoms with Crippen LogP contribution < -0.4 is 0 Å². The van der Waals surface area contributed by atoms with E-state index in [0.29, 0.717) is 31.3 Å². The number of hydrogen-bond acceptors (Lipinski definition) is 6. The van der Waals surface area contributed by atoms with Gasteiger partial charge in [0.05, 0.1) is 23.5 Å². The van der Waals surface area contributed by atoms with Gasteiger partial charge in [0, 0.05) is 23.8 Å². The number of Topliss-reactive ketones (excluding diaryl/α,β-unsaturated/α-hetero) is 1. The van der Waals surface area contributed by atoms with E-state index < -0.39 is 23.1 Å². The second-order valence-electron chi connectivity index (χ2n) is 8.22. The minimum absolute atomic E-state index is 0.0718. The number of carbonyl (C=O) groups excluding carboxylic acids is 3. The topological polar surface area (TPSA) is 89.9 Å². The quantitative estimate of drug-likeness (QED) is 0.607. The lowest BCUT2D eigenvalue weighted by molar-refractivity contribution is -0.178. The lowest BCUT2D eigenvalue weighted by Gasteiger charge is -2.44. The maximum Gasteiger partial charge on any atom is 0.334 e. The first-order valence-corrected chi connectivity index (χ1v) is 9.48. The molecule has 144 valence electrons. The Morgan fingerprint density at radius 3 is 2.77 bits per heavy atom. The predicted octanol–water partition coefficient (Wildman–Crippen LogP) is 2.18. The van der Waals surface area contributed by atoms with Gasteiger partial charge in [0.25, 0.3) is 0 Å². The van der Waals surface area contributed by atoms with E-state index in [1.165, 1.54) is 0 Å². The number of ether oxygens (including phenoxy) is 2. The minimum Gasteiger partial charge on any atom is -0.465 e. The summed E-state index contributed by atoms with van der Waals surface area (Å²) in [6.07, 6.45) is 1.63. The van der Waals surface area contributed by atoms with Crippen molar-refractivity contribution in [2.45, 2.75) is 64.6 Å². The van der Waals surface area contributed by atoms with E-state index in [0.717, 1.165) is 0 Å². The first-order chi connectivity index (χ1) is 12.2. The van der Waals surface area contributed by atoms with E-state index in [9.17, 15) is 19.5 Å². The van der Waals surface area contributed by atoms with Gasteiger partial charge in [-0.1, -0.05) is 20.4 Å². The van der Waals surface area contributed by atoms with Crippen molar-refractivity contribution in [2.24, 2.45) is 23.2 Å². The maximum atomic E-state index is 12.8. The molecule has 0 aromatic heterocycles. The van der Waals surface area contributed by atoms with Gasteiger partial charge in [-0.3, -0.25) is 9.59 Å². The van der Waals surface area contributed by atoms with Crippen LogP contribution in [0.1, 0.15) is 52.9 Å². The van der Waals surface area contributed by atoms with Crippen LogP contribution in [-0.2, 0) is 23.9 Å². The monoisotopic (exact) mass is 364 g/mol. The fourth-order valence-corrected chi connectivity index (χ4v) is 4.88. The average Bonchev–Trinajstić information content (AvgIpc) is 3.00. The van der Waals surface area contributed by atoms with E-state index in [1.54, 1.807) is 13.8 Å². The Morgan fingerprint density at radius 2 is 2.12 bits per heavy atom. The van der Waals surface area contributed by atoms with Crippen molar-refractivity contribution in [3.8, 4) is 0 Å². The van der Waals surface area contributed by atoms with Gasteiger partial charge in [-0.05, 0) is 32.6 Å². The van der Waals surface area contributed by atoms with Crippen LogP contribution in [0.15, 0.2) is 12.2 Å². The summed E-state index contributed by atoms with van der Waals surface area (Å²) in [4.78, 5) is 36.9. The third-order valence-electron chi connectivity index (χ3n) is 7.03. The molecule has 0 radical (unpaired) electrons. The standard InChI is InChI=1S/C20H28O6/c1-5-11(2)17(22)25-10-13-6-7-14-12(3)18(23)26-16(14)19(4)15(21)8-9-20(13,19)24/h11,13-14,16,24H,3,5-10H2,1-2,4H3/t11-,13-,14+,16-,19+,20-/m1/s1. The molecule has 0 unspecified atom stereocenters. The molecular formula is C20H28O6. The molecule has 3 fully saturated rings. The van der Waals surface area contributed by atoms with E-state index in [-0.39, 0.29) is 42.5 Å². The summed E-state index contributed by atoms with van der Waals surface area (Å²) in [5.41, 5.74) is -2.18. The zero-order chi connectivity index (χ0) is 19.3. The van der Waals surface area contributed by atoms with Crippen molar-refractivity contribution >= 4 is 17.7 Å². The fourth-order valence-electron chi connectivity index (χ4n) is 4.88. The molecule has 2 saturated carbocycles. The Balaban J connectivity index is 1.90. The smallest absolute Gasteiger partial charge is 0.334 e. The largest absolute Gasteiger partial charge is 0.465 e. The van der Waals surface area contributed by atoms with Crippen molar-refractivity contribution in [2.75, 3.05) is 6.61 Å². The molecule has 26 heavy (non-hydrogen) atoms. The van der Waals surface area contributed by atoms with Crippen LogP contribution in [-0.4, -0.2) is 41.1 Å². The van der Waals surface area contributed by atoms with Gasteiger partial charge < -0.3 is 14.6 Å². The Morgan fingerprint density at radius 1 is 1.42 bits per heavy atom. The molecule has 0 bridgehead atoms. The Kier molecular flexibility index (Phi) is 4.76. The number of rotatable bonds is 4. The highest BCUT2D eigenvalue weighted by molar-refractivity contribution is 5.94. The molecule has 0 amide bonds. The molecule has 1 heterocycles. The molecule has 6 heteroatoms. The van der Waals surface area contributed by atoms with Crippen LogP contribution in [0.3, 0.4) is 0 Å². The summed E-state index contributed by atoms with van der Waals surface area (Å²) >= 11 is 0. The summed E-state index contributed by atoms with van der Waals surface area (Å²) in [6.45, 7) is 9.32. The second-order valence-corrected chi connectivity index (χ2v) is 8.22.